The van der Waals surface area contributed by atoms with Crippen molar-refractivity contribution in [1.82, 2.24) is 0 Å². The van der Waals surface area contributed by atoms with Gasteiger partial charge in [-0.05, 0) is 5.56 Å². The highest BCUT2D eigenvalue weighted by molar-refractivity contribution is 7.61. The molecule has 0 fully saturated rings. The molecule has 0 aliphatic heterocycles. The number of hydrogen-bond donors (Lipinski definition) is 3. The summed E-state index contributed by atoms with van der Waals surface area (Å²) in [6, 6.07) is 8.34. The quantitative estimate of drug-likeness (QED) is 0.545. The van der Waals surface area contributed by atoms with Crippen molar-refractivity contribution in [3.8, 4) is 0 Å². The van der Waals surface area contributed by atoms with E-state index in [1.807, 2.05) is 0 Å². The largest absolute Gasteiger partial charge is 0.540 e. The van der Waals surface area contributed by atoms with E-state index in [1.165, 1.54) is 0 Å². The second-order valence-corrected chi connectivity index (χ2v) is 5.91. The third kappa shape index (κ3) is 7.07. The Bertz CT molecular complexity index is 522. The van der Waals surface area contributed by atoms with Crippen LogP contribution in [0, 0.1) is 0 Å². The van der Waals surface area contributed by atoms with E-state index in [9.17, 15) is 13.9 Å². The number of phosphoric ester groups is 1. The highest BCUT2D eigenvalue weighted by atomic mass is 31.3. The maximum atomic E-state index is 11.0. The van der Waals surface area contributed by atoms with Crippen molar-refractivity contribution in [2.45, 2.75) is 6.61 Å². The second-order valence-electron chi connectivity index (χ2n) is 3.16. The molecule has 0 heterocycles. The molecule has 11 heteroatoms. The summed E-state index contributed by atoms with van der Waals surface area (Å²) in [4.78, 5) is 36.4. The van der Waals surface area contributed by atoms with Crippen molar-refractivity contribution in [2.75, 3.05) is 0 Å². The normalized spacial score (nSPS) is 14.5. The topological polar surface area (TPSA) is 140 Å². The number of carbonyl (C=O) groups is 1. The number of ether oxygens (including phenoxy) is 1. The van der Waals surface area contributed by atoms with E-state index in [1.54, 1.807) is 30.3 Å². The molecule has 0 saturated heterocycles. The van der Waals surface area contributed by atoms with Crippen LogP contribution in [-0.2, 0) is 29.3 Å². The minimum Gasteiger partial charge on any atom is -0.429 e. The molecule has 0 saturated carbocycles. The molecule has 0 aromatic heterocycles. The summed E-state index contributed by atoms with van der Waals surface area (Å²) in [5, 5.41) is 0. The van der Waals surface area contributed by atoms with Crippen molar-refractivity contribution < 1.29 is 42.2 Å². The molecule has 0 aliphatic rings. The summed E-state index contributed by atoms with van der Waals surface area (Å²) in [6.07, 6.45) is -1.59. The lowest BCUT2D eigenvalue weighted by Crippen LogP contribution is -2.06. The van der Waals surface area contributed by atoms with E-state index < -0.39 is 21.8 Å². The summed E-state index contributed by atoms with van der Waals surface area (Å²) >= 11 is 0. The number of rotatable bonds is 5. The van der Waals surface area contributed by atoms with Crippen molar-refractivity contribution in [3.63, 3.8) is 0 Å². The molecule has 1 unspecified atom stereocenters. The van der Waals surface area contributed by atoms with Gasteiger partial charge < -0.3 is 19.0 Å². The van der Waals surface area contributed by atoms with Gasteiger partial charge in [0, 0.05) is 0 Å². The van der Waals surface area contributed by atoms with Gasteiger partial charge in [-0.3, -0.25) is 4.89 Å². The zero-order valence-electron chi connectivity index (χ0n) is 9.28. The smallest absolute Gasteiger partial charge is 0.429 e. The number of hydrogen-bond acceptors (Lipinski definition) is 6. The van der Waals surface area contributed by atoms with Gasteiger partial charge in [0.15, 0.2) is 0 Å². The predicted molar refractivity (Wildman–Crippen MR) is 60.7 cm³/mol. The van der Waals surface area contributed by atoms with Crippen molar-refractivity contribution in [2.24, 2.45) is 0 Å². The van der Waals surface area contributed by atoms with E-state index in [0.29, 0.717) is 5.56 Å². The van der Waals surface area contributed by atoms with Crippen LogP contribution in [0.25, 0.3) is 0 Å². The Labute approximate surface area is 107 Å². The van der Waals surface area contributed by atoms with Crippen LogP contribution in [0.3, 0.4) is 0 Å². The fraction of sp³-hybridized carbons (Fsp3) is 0.125. The summed E-state index contributed by atoms with van der Waals surface area (Å²) in [5.41, 5.74) is 0.586. The maximum Gasteiger partial charge on any atom is 0.540 e. The lowest BCUT2D eigenvalue weighted by molar-refractivity contribution is 0.0799. The van der Waals surface area contributed by atoms with Gasteiger partial charge in [0.2, 0.25) is 0 Å². The van der Waals surface area contributed by atoms with E-state index in [0.717, 1.165) is 0 Å². The number of benzene rings is 1. The lowest BCUT2D eigenvalue weighted by Gasteiger charge is -2.11. The average molecular weight is 312 g/mol. The molecule has 1 rings (SSSR count). The molecule has 3 N–H and O–H groups in total. The summed E-state index contributed by atoms with van der Waals surface area (Å²) < 4.78 is 32.9. The first kappa shape index (κ1) is 15.8. The number of carbonyl (C=O) groups excluding carboxylic acids is 1. The monoisotopic (exact) mass is 312 g/mol. The van der Waals surface area contributed by atoms with E-state index >= 15 is 0 Å². The van der Waals surface area contributed by atoms with Crippen LogP contribution in [0.4, 0.5) is 4.79 Å². The molecule has 0 radical (unpaired) electrons. The van der Waals surface area contributed by atoms with E-state index in [2.05, 4.69) is 13.6 Å². The van der Waals surface area contributed by atoms with Crippen LogP contribution in [0.2, 0.25) is 0 Å². The lowest BCUT2D eigenvalue weighted by atomic mass is 10.2. The summed E-state index contributed by atoms with van der Waals surface area (Å²) in [7, 11) is -10.5. The molecule has 0 spiro atoms. The van der Waals surface area contributed by atoms with Gasteiger partial charge in [-0.1, -0.05) is 30.3 Å². The van der Waals surface area contributed by atoms with Crippen LogP contribution in [0.1, 0.15) is 5.56 Å². The number of phosphoric acid groups is 2. The molecule has 0 amide bonds. The predicted octanol–water partition coefficient (Wildman–Crippen LogP) is 1.55. The first-order valence-electron chi connectivity index (χ1n) is 4.68. The van der Waals surface area contributed by atoms with Crippen LogP contribution < -0.4 is 0 Å². The summed E-state index contributed by atoms with van der Waals surface area (Å²) in [6.45, 7) is -0.240. The fourth-order valence-corrected chi connectivity index (χ4v) is 2.44. The minimum atomic E-state index is -5.27. The Kier molecular flexibility index (Phi) is 5.25. The van der Waals surface area contributed by atoms with E-state index in [4.69, 9.17) is 14.7 Å². The Morgan fingerprint density at radius 1 is 1.11 bits per heavy atom. The first-order valence-corrected chi connectivity index (χ1v) is 7.70. The Hall–Kier alpha value is -1.21. The van der Waals surface area contributed by atoms with Crippen molar-refractivity contribution in [3.05, 3.63) is 35.9 Å². The summed E-state index contributed by atoms with van der Waals surface area (Å²) in [5.74, 6) is 0. The molecule has 1 aromatic rings. The average Bonchev–Trinajstić information content (AvgIpc) is 2.23. The van der Waals surface area contributed by atoms with E-state index in [-0.39, 0.29) is 6.61 Å². The molecule has 106 valence electrons. The van der Waals surface area contributed by atoms with Gasteiger partial charge in [0.05, 0.1) is 0 Å². The third-order valence-corrected chi connectivity index (χ3v) is 3.66. The molecule has 0 bridgehead atoms. The molecule has 0 aliphatic carbocycles. The molecular formula is C8H10O9P2. The van der Waals surface area contributed by atoms with Gasteiger partial charge in [0.25, 0.3) is 0 Å². The minimum absolute atomic E-state index is 0.240. The Morgan fingerprint density at radius 2 is 1.68 bits per heavy atom. The molecule has 1 aromatic carbocycles. The Balaban J connectivity index is 2.47. The standard InChI is InChI=1S/C8H10O9P2/c9-8(15-6-7-4-2-1-3-5-7)16-19(13,14)17-18(10,11)12/h1-5H,6H2,(H,13,14)(H2,10,11,12). The first-order chi connectivity index (χ1) is 8.68. The van der Waals surface area contributed by atoms with Crippen LogP contribution >= 0.6 is 15.6 Å². The SMILES string of the molecule is O=C(OCc1ccccc1)OP(=O)(O)OP(=O)(O)O. The highest BCUT2D eigenvalue weighted by Gasteiger charge is 2.36. The van der Waals surface area contributed by atoms with Gasteiger partial charge in [-0.2, -0.15) is 4.31 Å². The van der Waals surface area contributed by atoms with Crippen LogP contribution in [0.5, 0.6) is 0 Å². The maximum absolute atomic E-state index is 11.0. The van der Waals surface area contributed by atoms with Crippen molar-refractivity contribution >= 4 is 21.8 Å². The fourth-order valence-electron chi connectivity index (χ4n) is 0.988. The van der Waals surface area contributed by atoms with Crippen molar-refractivity contribution in [1.29, 1.82) is 0 Å². The second kappa shape index (κ2) is 6.29. The molecule has 9 nitrogen and oxygen atoms in total. The third-order valence-electron chi connectivity index (χ3n) is 1.60. The molecule has 1 atom stereocenters. The Morgan fingerprint density at radius 3 is 2.21 bits per heavy atom. The van der Waals surface area contributed by atoms with Gasteiger partial charge in [-0.15, -0.1) is 0 Å². The van der Waals surface area contributed by atoms with Gasteiger partial charge >= 0.3 is 21.8 Å². The molecular weight excluding hydrogens is 302 g/mol. The zero-order chi connectivity index (χ0) is 14.5. The van der Waals surface area contributed by atoms with Crippen LogP contribution in [0.15, 0.2) is 30.3 Å². The molecule has 19 heavy (non-hydrogen) atoms. The van der Waals surface area contributed by atoms with Crippen LogP contribution in [-0.4, -0.2) is 20.8 Å². The highest BCUT2D eigenvalue weighted by Crippen LogP contribution is 2.57. The zero-order valence-corrected chi connectivity index (χ0v) is 11.1. The van der Waals surface area contributed by atoms with Gasteiger partial charge in [-0.25, -0.2) is 13.9 Å². The van der Waals surface area contributed by atoms with Gasteiger partial charge in [0.1, 0.15) is 6.61 Å².